The normalized spacial score (nSPS) is 20.5. The maximum atomic E-state index is 13.3. The van der Waals surface area contributed by atoms with Crippen LogP contribution in [-0.4, -0.2) is 17.3 Å². The lowest BCUT2D eigenvalue weighted by Crippen LogP contribution is -2.19. The van der Waals surface area contributed by atoms with Crippen LogP contribution in [-0.2, 0) is 0 Å². The molecule has 21 heavy (non-hydrogen) atoms. The van der Waals surface area contributed by atoms with E-state index >= 15 is 0 Å². The van der Waals surface area contributed by atoms with Gasteiger partial charge in [0, 0.05) is 18.1 Å². The SMILES string of the molecule is COc1ccc(C2C[C@@H](O)c3ccc(F)cc3O2)cc1O. The summed E-state index contributed by atoms with van der Waals surface area (Å²) in [6.45, 7) is 0. The predicted molar refractivity (Wildman–Crippen MR) is 74.0 cm³/mol. The molecule has 1 unspecified atom stereocenters. The third kappa shape index (κ3) is 2.52. The summed E-state index contributed by atoms with van der Waals surface area (Å²) in [6.07, 6.45) is -0.848. The standard InChI is InChI=1S/C16H15FO4/c1-20-14-5-2-9(6-13(14)19)15-8-12(18)11-4-3-10(17)7-16(11)21-15/h2-7,12,15,18-19H,8H2,1H3/t12-,15?/m1/s1. The van der Waals surface area contributed by atoms with E-state index in [1.54, 1.807) is 12.1 Å². The smallest absolute Gasteiger partial charge is 0.160 e. The molecule has 1 aliphatic heterocycles. The van der Waals surface area contributed by atoms with Gasteiger partial charge in [0.2, 0.25) is 0 Å². The summed E-state index contributed by atoms with van der Waals surface area (Å²) in [5, 5.41) is 20.0. The average Bonchev–Trinajstić information content (AvgIpc) is 2.46. The summed E-state index contributed by atoms with van der Waals surface area (Å²) in [6, 6.07) is 8.98. The van der Waals surface area contributed by atoms with Gasteiger partial charge in [-0.1, -0.05) is 6.07 Å². The van der Waals surface area contributed by atoms with E-state index in [1.165, 1.54) is 31.4 Å². The minimum Gasteiger partial charge on any atom is -0.504 e. The van der Waals surface area contributed by atoms with Gasteiger partial charge in [0.25, 0.3) is 0 Å². The average molecular weight is 290 g/mol. The second-order valence-electron chi connectivity index (χ2n) is 4.97. The van der Waals surface area contributed by atoms with Crippen molar-refractivity contribution in [2.75, 3.05) is 7.11 Å². The molecule has 0 radical (unpaired) electrons. The summed E-state index contributed by atoms with van der Waals surface area (Å²) in [5.74, 6) is 0.271. The molecule has 0 saturated heterocycles. The number of hydrogen-bond donors (Lipinski definition) is 2. The van der Waals surface area contributed by atoms with Gasteiger partial charge >= 0.3 is 0 Å². The van der Waals surface area contributed by atoms with Gasteiger partial charge in [0.05, 0.1) is 13.2 Å². The molecule has 0 aromatic heterocycles. The highest BCUT2D eigenvalue weighted by Gasteiger charge is 2.28. The molecule has 1 heterocycles. The third-order valence-corrected chi connectivity index (χ3v) is 3.62. The Kier molecular flexibility index (Phi) is 3.43. The molecule has 0 aliphatic carbocycles. The molecule has 5 heteroatoms. The number of ether oxygens (including phenoxy) is 2. The maximum absolute atomic E-state index is 13.3. The molecule has 0 bridgehead atoms. The lowest BCUT2D eigenvalue weighted by atomic mass is 9.95. The maximum Gasteiger partial charge on any atom is 0.160 e. The van der Waals surface area contributed by atoms with Crippen LogP contribution in [0.25, 0.3) is 0 Å². The van der Waals surface area contributed by atoms with Crippen molar-refractivity contribution < 1.29 is 24.1 Å². The van der Waals surface area contributed by atoms with E-state index in [0.717, 1.165) is 0 Å². The van der Waals surface area contributed by atoms with Gasteiger partial charge in [-0.2, -0.15) is 0 Å². The largest absolute Gasteiger partial charge is 0.504 e. The van der Waals surface area contributed by atoms with Gasteiger partial charge in [-0.3, -0.25) is 0 Å². The number of phenolic OH excluding ortho intramolecular Hbond substituents is 1. The third-order valence-electron chi connectivity index (χ3n) is 3.62. The summed E-state index contributed by atoms with van der Waals surface area (Å²) >= 11 is 0. The van der Waals surface area contributed by atoms with Gasteiger partial charge in [-0.05, 0) is 29.8 Å². The molecule has 110 valence electrons. The number of rotatable bonds is 2. The van der Waals surface area contributed by atoms with Crippen LogP contribution in [0, 0.1) is 5.82 Å². The van der Waals surface area contributed by atoms with E-state index in [0.29, 0.717) is 29.0 Å². The molecular weight excluding hydrogens is 275 g/mol. The van der Waals surface area contributed by atoms with Gasteiger partial charge < -0.3 is 19.7 Å². The summed E-state index contributed by atoms with van der Waals surface area (Å²) in [4.78, 5) is 0. The topological polar surface area (TPSA) is 58.9 Å². The Morgan fingerprint density at radius 2 is 2.05 bits per heavy atom. The molecule has 0 spiro atoms. The van der Waals surface area contributed by atoms with Gasteiger partial charge in [0.15, 0.2) is 11.5 Å². The summed E-state index contributed by atoms with van der Waals surface area (Å²) < 4.78 is 24.0. The number of benzene rings is 2. The zero-order valence-electron chi connectivity index (χ0n) is 11.4. The van der Waals surface area contributed by atoms with Crippen molar-refractivity contribution in [1.82, 2.24) is 0 Å². The van der Waals surface area contributed by atoms with Crippen molar-refractivity contribution >= 4 is 0 Å². The molecule has 3 rings (SSSR count). The van der Waals surface area contributed by atoms with Crippen LogP contribution in [0.15, 0.2) is 36.4 Å². The highest BCUT2D eigenvalue weighted by atomic mass is 19.1. The fourth-order valence-corrected chi connectivity index (χ4v) is 2.53. The van der Waals surface area contributed by atoms with Crippen molar-refractivity contribution in [3.05, 3.63) is 53.3 Å². The Bertz CT molecular complexity index is 671. The molecule has 0 saturated carbocycles. The highest BCUT2D eigenvalue weighted by Crippen LogP contribution is 2.42. The monoisotopic (exact) mass is 290 g/mol. The van der Waals surface area contributed by atoms with Crippen LogP contribution in [0.2, 0.25) is 0 Å². The number of aliphatic hydroxyl groups is 1. The van der Waals surface area contributed by atoms with Crippen LogP contribution in [0.4, 0.5) is 4.39 Å². The first-order valence-electron chi connectivity index (χ1n) is 6.59. The Morgan fingerprint density at radius 3 is 2.76 bits per heavy atom. The Hall–Kier alpha value is -2.27. The van der Waals surface area contributed by atoms with Crippen molar-refractivity contribution in [3.63, 3.8) is 0 Å². The second kappa shape index (κ2) is 5.26. The molecule has 4 nitrogen and oxygen atoms in total. The van der Waals surface area contributed by atoms with Crippen LogP contribution < -0.4 is 9.47 Å². The second-order valence-corrected chi connectivity index (χ2v) is 4.97. The lowest BCUT2D eigenvalue weighted by Gasteiger charge is -2.30. The van der Waals surface area contributed by atoms with E-state index < -0.39 is 18.0 Å². The van der Waals surface area contributed by atoms with E-state index in [2.05, 4.69) is 0 Å². The van der Waals surface area contributed by atoms with Crippen LogP contribution in [0.5, 0.6) is 17.2 Å². The quantitative estimate of drug-likeness (QED) is 0.892. The van der Waals surface area contributed by atoms with Crippen LogP contribution in [0.1, 0.15) is 29.8 Å². The molecule has 2 aromatic rings. The van der Waals surface area contributed by atoms with Gasteiger partial charge in [0.1, 0.15) is 17.7 Å². The summed E-state index contributed by atoms with van der Waals surface area (Å²) in [7, 11) is 1.47. The Morgan fingerprint density at radius 1 is 1.24 bits per heavy atom. The number of methoxy groups -OCH3 is 1. The molecule has 0 fully saturated rings. The first-order valence-corrected chi connectivity index (χ1v) is 6.59. The first kappa shape index (κ1) is 13.7. The van der Waals surface area contributed by atoms with E-state index in [1.807, 2.05) is 0 Å². The molecule has 0 amide bonds. The Balaban J connectivity index is 1.93. The van der Waals surface area contributed by atoms with Crippen molar-refractivity contribution in [1.29, 1.82) is 0 Å². The number of halogens is 1. The zero-order chi connectivity index (χ0) is 15.0. The fraction of sp³-hybridized carbons (Fsp3) is 0.250. The number of fused-ring (bicyclic) bond motifs is 1. The molecular formula is C16H15FO4. The fourth-order valence-electron chi connectivity index (χ4n) is 2.53. The molecule has 2 aromatic carbocycles. The molecule has 1 aliphatic rings. The zero-order valence-corrected chi connectivity index (χ0v) is 11.4. The molecule has 2 atom stereocenters. The van der Waals surface area contributed by atoms with Crippen molar-refractivity contribution in [2.45, 2.75) is 18.6 Å². The highest BCUT2D eigenvalue weighted by molar-refractivity contribution is 5.44. The van der Waals surface area contributed by atoms with Crippen LogP contribution >= 0.6 is 0 Å². The van der Waals surface area contributed by atoms with Gasteiger partial charge in [-0.15, -0.1) is 0 Å². The van der Waals surface area contributed by atoms with E-state index in [4.69, 9.17) is 9.47 Å². The number of aromatic hydroxyl groups is 1. The Labute approximate surface area is 121 Å². The first-order chi connectivity index (χ1) is 10.1. The van der Waals surface area contributed by atoms with Crippen molar-refractivity contribution in [3.8, 4) is 17.2 Å². The lowest BCUT2D eigenvalue weighted by molar-refractivity contribution is 0.0652. The van der Waals surface area contributed by atoms with E-state index in [9.17, 15) is 14.6 Å². The van der Waals surface area contributed by atoms with Gasteiger partial charge in [-0.25, -0.2) is 4.39 Å². The minimum atomic E-state index is -0.733. The van der Waals surface area contributed by atoms with Crippen LogP contribution in [0.3, 0.4) is 0 Å². The summed E-state index contributed by atoms with van der Waals surface area (Å²) in [5.41, 5.74) is 1.27. The molecule has 2 N–H and O–H groups in total. The predicted octanol–water partition coefficient (Wildman–Crippen LogP) is 3.10. The number of hydrogen-bond acceptors (Lipinski definition) is 4. The number of phenols is 1. The van der Waals surface area contributed by atoms with Crippen molar-refractivity contribution in [2.24, 2.45) is 0 Å². The number of aliphatic hydroxyl groups excluding tert-OH is 1. The van der Waals surface area contributed by atoms with E-state index in [-0.39, 0.29) is 5.75 Å². The minimum absolute atomic E-state index is 0.00173.